The average molecular weight is 366 g/mol. The second-order valence-corrected chi connectivity index (χ2v) is 5.66. The molecule has 8 heteroatoms. The van der Waals surface area contributed by atoms with E-state index < -0.39 is 5.82 Å². The third kappa shape index (κ3) is 4.17. The second-order valence-electron chi connectivity index (χ2n) is 5.66. The van der Waals surface area contributed by atoms with Gasteiger partial charge in [-0.05, 0) is 30.3 Å². The third-order valence-corrected chi connectivity index (χ3v) is 3.84. The number of fused-ring (bicyclic) bond motifs is 1. The molecule has 0 saturated carbocycles. The van der Waals surface area contributed by atoms with Crippen molar-refractivity contribution in [2.24, 2.45) is 10.7 Å². The summed E-state index contributed by atoms with van der Waals surface area (Å²) in [5.41, 5.74) is 8.57. The Labute approximate surface area is 155 Å². The zero-order chi connectivity index (χ0) is 19.2. The summed E-state index contributed by atoms with van der Waals surface area (Å²) in [6.07, 6.45) is 5.96. The molecule has 0 aliphatic rings. The molecule has 0 aliphatic heterocycles. The standard InChI is InChI=1S/C19H19FN6O/c1-22-6-5-14(21)10-24-19-15-7-12(16-4-3-13(20)9-23-16)8-17(27-2)18(15)25-11-26-19/h3-9,11H,10,21H2,1-2H3,(H,24,25,26)/b14-5-,22-6?. The van der Waals surface area contributed by atoms with E-state index in [9.17, 15) is 4.39 Å². The number of pyridine rings is 1. The van der Waals surface area contributed by atoms with Gasteiger partial charge in [0.1, 0.15) is 29.2 Å². The molecule has 0 fully saturated rings. The van der Waals surface area contributed by atoms with E-state index in [2.05, 4.69) is 25.3 Å². The maximum atomic E-state index is 13.2. The SMILES string of the molecule is CN=C/C=C(\N)CNc1ncnc2c(OC)cc(-c3ccc(F)cn3)cc12. The molecule has 3 N–H and O–H groups in total. The van der Waals surface area contributed by atoms with E-state index in [4.69, 9.17) is 10.5 Å². The van der Waals surface area contributed by atoms with Gasteiger partial charge in [-0.3, -0.25) is 9.98 Å². The molecule has 0 amide bonds. The molecule has 2 heterocycles. The first-order valence-electron chi connectivity index (χ1n) is 8.17. The first-order chi connectivity index (χ1) is 13.1. The van der Waals surface area contributed by atoms with E-state index in [1.54, 1.807) is 32.5 Å². The quantitative estimate of drug-likeness (QED) is 0.651. The number of hydrogen-bond acceptors (Lipinski definition) is 7. The van der Waals surface area contributed by atoms with E-state index in [0.717, 1.165) is 10.9 Å². The van der Waals surface area contributed by atoms with Gasteiger partial charge in [-0.2, -0.15) is 0 Å². The van der Waals surface area contributed by atoms with Crippen LogP contribution in [0.5, 0.6) is 5.75 Å². The lowest BCUT2D eigenvalue weighted by molar-refractivity contribution is 0.419. The van der Waals surface area contributed by atoms with Crippen LogP contribution >= 0.6 is 0 Å². The van der Waals surface area contributed by atoms with Crippen molar-refractivity contribution in [3.05, 3.63) is 54.4 Å². The predicted octanol–water partition coefficient (Wildman–Crippen LogP) is 2.79. The first-order valence-corrected chi connectivity index (χ1v) is 8.17. The summed E-state index contributed by atoms with van der Waals surface area (Å²) in [5.74, 6) is 0.780. The van der Waals surface area contributed by atoms with Gasteiger partial charge in [-0.1, -0.05) is 0 Å². The lowest BCUT2D eigenvalue weighted by Crippen LogP contribution is -2.13. The van der Waals surface area contributed by atoms with Crippen LogP contribution in [-0.2, 0) is 0 Å². The lowest BCUT2D eigenvalue weighted by atomic mass is 10.1. The summed E-state index contributed by atoms with van der Waals surface area (Å²) >= 11 is 0. The zero-order valence-corrected chi connectivity index (χ0v) is 15.0. The van der Waals surface area contributed by atoms with Crippen molar-refractivity contribution in [3.8, 4) is 17.0 Å². The topological polar surface area (TPSA) is 98.3 Å². The Morgan fingerprint density at radius 3 is 2.85 bits per heavy atom. The highest BCUT2D eigenvalue weighted by molar-refractivity contribution is 5.96. The largest absolute Gasteiger partial charge is 0.494 e. The van der Waals surface area contributed by atoms with E-state index in [1.165, 1.54) is 18.6 Å². The van der Waals surface area contributed by atoms with Crippen LogP contribution in [0.15, 0.2) is 53.6 Å². The number of benzene rings is 1. The van der Waals surface area contributed by atoms with Gasteiger partial charge in [0.2, 0.25) is 0 Å². The number of methoxy groups -OCH3 is 1. The van der Waals surface area contributed by atoms with Crippen LogP contribution in [0, 0.1) is 5.82 Å². The Bertz CT molecular complexity index is 1000. The summed E-state index contributed by atoms with van der Waals surface area (Å²) in [7, 11) is 3.24. The van der Waals surface area contributed by atoms with Crippen LogP contribution in [0.3, 0.4) is 0 Å². The predicted molar refractivity (Wildman–Crippen MR) is 104 cm³/mol. The summed E-state index contributed by atoms with van der Waals surface area (Å²) in [6.45, 7) is 0.388. The number of nitrogens with two attached hydrogens (primary N) is 1. The molecule has 0 unspecified atom stereocenters. The molecule has 138 valence electrons. The van der Waals surface area contributed by atoms with Gasteiger partial charge in [0.25, 0.3) is 0 Å². The van der Waals surface area contributed by atoms with Crippen molar-refractivity contribution < 1.29 is 9.13 Å². The van der Waals surface area contributed by atoms with Gasteiger partial charge in [-0.15, -0.1) is 0 Å². The number of aromatic nitrogens is 3. The maximum absolute atomic E-state index is 13.2. The molecule has 0 spiro atoms. The highest BCUT2D eigenvalue weighted by Gasteiger charge is 2.12. The summed E-state index contributed by atoms with van der Waals surface area (Å²) in [6, 6.07) is 6.66. The van der Waals surface area contributed by atoms with Gasteiger partial charge in [0.05, 0.1) is 25.5 Å². The highest BCUT2D eigenvalue weighted by Crippen LogP contribution is 2.33. The molecule has 0 saturated heterocycles. The smallest absolute Gasteiger partial charge is 0.145 e. The number of ether oxygens (including phenoxy) is 1. The molecule has 3 rings (SSSR count). The van der Waals surface area contributed by atoms with Crippen LogP contribution in [0.25, 0.3) is 22.2 Å². The average Bonchev–Trinajstić information content (AvgIpc) is 2.70. The minimum absolute atomic E-state index is 0.388. The van der Waals surface area contributed by atoms with Crippen molar-refractivity contribution in [1.29, 1.82) is 0 Å². The van der Waals surface area contributed by atoms with Crippen molar-refractivity contribution >= 4 is 22.9 Å². The number of hydrogen-bond donors (Lipinski definition) is 2. The first kappa shape index (κ1) is 18.2. The maximum Gasteiger partial charge on any atom is 0.145 e. The van der Waals surface area contributed by atoms with Crippen molar-refractivity contribution in [2.45, 2.75) is 0 Å². The fourth-order valence-corrected chi connectivity index (χ4v) is 2.54. The molecule has 7 nitrogen and oxygen atoms in total. The summed E-state index contributed by atoms with van der Waals surface area (Å²) < 4.78 is 18.7. The summed E-state index contributed by atoms with van der Waals surface area (Å²) in [5, 5.41) is 3.94. The van der Waals surface area contributed by atoms with Gasteiger partial charge in [0.15, 0.2) is 0 Å². The Balaban J connectivity index is 2.04. The Hall–Kier alpha value is -3.55. The second kappa shape index (κ2) is 8.22. The van der Waals surface area contributed by atoms with E-state index >= 15 is 0 Å². The lowest BCUT2D eigenvalue weighted by Gasteiger charge is -2.12. The van der Waals surface area contributed by atoms with E-state index in [1.807, 2.05) is 12.1 Å². The van der Waals surface area contributed by atoms with E-state index in [-0.39, 0.29) is 0 Å². The molecule has 0 aliphatic carbocycles. The molecule has 2 aromatic heterocycles. The molecule has 1 aromatic carbocycles. The van der Waals surface area contributed by atoms with Gasteiger partial charge in [0, 0.05) is 29.9 Å². The molecule has 27 heavy (non-hydrogen) atoms. The third-order valence-electron chi connectivity index (χ3n) is 3.84. The molecule has 0 radical (unpaired) electrons. The van der Waals surface area contributed by atoms with Crippen LogP contribution in [0.1, 0.15) is 0 Å². The number of nitrogens with zero attached hydrogens (tertiary/aromatic N) is 4. The minimum Gasteiger partial charge on any atom is -0.494 e. The minimum atomic E-state index is -0.393. The molecule has 0 atom stereocenters. The van der Waals surface area contributed by atoms with Gasteiger partial charge in [-0.25, -0.2) is 14.4 Å². The van der Waals surface area contributed by atoms with E-state index in [0.29, 0.717) is 35.0 Å². The Morgan fingerprint density at radius 1 is 1.30 bits per heavy atom. The van der Waals surface area contributed by atoms with Crippen molar-refractivity contribution in [3.63, 3.8) is 0 Å². The normalized spacial score (nSPS) is 11.9. The number of rotatable bonds is 6. The fraction of sp³-hybridized carbons (Fsp3) is 0.158. The highest BCUT2D eigenvalue weighted by atomic mass is 19.1. The van der Waals surface area contributed by atoms with Gasteiger partial charge < -0.3 is 15.8 Å². The Kier molecular flexibility index (Phi) is 5.55. The van der Waals surface area contributed by atoms with Crippen LogP contribution in [-0.4, -0.2) is 41.9 Å². The number of nitrogens with one attached hydrogen (secondary N) is 1. The molecule has 0 bridgehead atoms. The van der Waals surface area contributed by atoms with Crippen molar-refractivity contribution in [1.82, 2.24) is 15.0 Å². The van der Waals surface area contributed by atoms with Crippen LogP contribution in [0.2, 0.25) is 0 Å². The molecule has 3 aromatic rings. The number of anilines is 1. The fourth-order valence-electron chi connectivity index (χ4n) is 2.54. The van der Waals surface area contributed by atoms with Crippen molar-refractivity contribution in [2.75, 3.05) is 26.0 Å². The molecular weight excluding hydrogens is 347 g/mol. The van der Waals surface area contributed by atoms with Gasteiger partial charge >= 0.3 is 0 Å². The van der Waals surface area contributed by atoms with Crippen LogP contribution < -0.4 is 15.8 Å². The van der Waals surface area contributed by atoms with Crippen LogP contribution in [0.4, 0.5) is 10.2 Å². The zero-order valence-electron chi connectivity index (χ0n) is 15.0. The monoisotopic (exact) mass is 366 g/mol. The Morgan fingerprint density at radius 2 is 2.15 bits per heavy atom. The molecular formula is C19H19FN6O. The number of aliphatic imine (C=N–C) groups is 1. The number of halogens is 1. The summed E-state index contributed by atoms with van der Waals surface area (Å²) in [4.78, 5) is 16.6. The number of allylic oxidation sites excluding steroid dienone is 1.